The second-order valence-corrected chi connectivity index (χ2v) is 7.53. The molecule has 1 aromatic heterocycles. The molecule has 28 heavy (non-hydrogen) atoms. The topological polar surface area (TPSA) is 58.2 Å². The van der Waals surface area contributed by atoms with Crippen LogP contribution in [0.1, 0.15) is 52.6 Å². The van der Waals surface area contributed by atoms with Crippen LogP contribution < -0.4 is 10.6 Å². The molecule has 0 aliphatic heterocycles. The van der Waals surface area contributed by atoms with Gasteiger partial charge in [-0.2, -0.15) is 0 Å². The summed E-state index contributed by atoms with van der Waals surface area (Å²) in [5.74, 6) is -0.269. The van der Waals surface area contributed by atoms with E-state index in [1.807, 2.05) is 66.0 Å². The fourth-order valence-corrected chi connectivity index (χ4v) is 3.93. The number of amides is 2. The zero-order valence-electron chi connectivity index (χ0n) is 15.8. The monoisotopic (exact) mass is 392 g/mol. The first kappa shape index (κ1) is 19.8. The quantitative estimate of drug-likeness (QED) is 0.574. The Balaban J connectivity index is 1.72. The molecule has 2 N–H and O–H groups in total. The normalized spacial score (nSPS) is 12.8. The Morgan fingerprint density at radius 1 is 0.857 bits per heavy atom. The summed E-state index contributed by atoms with van der Waals surface area (Å²) in [6.45, 7) is 2.05. The summed E-state index contributed by atoms with van der Waals surface area (Å²) in [6.07, 6.45) is 1.00. The van der Waals surface area contributed by atoms with E-state index in [2.05, 4.69) is 17.6 Å². The first-order valence-electron chi connectivity index (χ1n) is 9.41. The highest BCUT2D eigenvalue weighted by atomic mass is 32.1. The van der Waals surface area contributed by atoms with Gasteiger partial charge < -0.3 is 10.6 Å². The fraction of sp³-hybridized carbons (Fsp3) is 0.217. The largest absolute Gasteiger partial charge is 0.348 e. The molecule has 0 aliphatic rings. The maximum absolute atomic E-state index is 12.8. The lowest BCUT2D eigenvalue weighted by atomic mass is 10.0. The molecule has 1 heterocycles. The predicted octanol–water partition coefficient (Wildman–Crippen LogP) is 4.88. The number of carbonyl (C=O) groups excluding carboxylic acids is 2. The fourth-order valence-electron chi connectivity index (χ4n) is 3.07. The van der Waals surface area contributed by atoms with Crippen molar-refractivity contribution in [1.29, 1.82) is 0 Å². The average molecular weight is 393 g/mol. The summed E-state index contributed by atoms with van der Waals surface area (Å²) in [6, 6.07) is 22.3. The molecule has 3 aromatic rings. The van der Waals surface area contributed by atoms with Crippen molar-refractivity contribution in [2.75, 3.05) is 0 Å². The molecule has 5 heteroatoms. The summed E-state index contributed by atoms with van der Waals surface area (Å²) in [5.41, 5.74) is 1.49. The van der Waals surface area contributed by atoms with Crippen LogP contribution in [0.4, 0.5) is 0 Å². The van der Waals surface area contributed by atoms with Gasteiger partial charge in [-0.15, -0.1) is 11.3 Å². The van der Waals surface area contributed by atoms with E-state index in [-0.39, 0.29) is 24.3 Å². The van der Waals surface area contributed by atoms with Crippen LogP contribution in [0.25, 0.3) is 0 Å². The minimum Gasteiger partial charge on any atom is -0.348 e. The number of nitrogens with one attached hydrogen (secondary N) is 2. The second-order valence-electron chi connectivity index (χ2n) is 6.55. The Hall–Kier alpha value is -2.92. The van der Waals surface area contributed by atoms with E-state index in [4.69, 9.17) is 0 Å². The maximum atomic E-state index is 12.8. The van der Waals surface area contributed by atoms with Crippen LogP contribution in [-0.2, 0) is 4.79 Å². The lowest BCUT2D eigenvalue weighted by Crippen LogP contribution is -2.35. The molecule has 2 aromatic carbocycles. The Kier molecular flexibility index (Phi) is 6.98. The number of benzene rings is 2. The number of carbonyl (C=O) groups is 2. The zero-order chi connectivity index (χ0) is 19.8. The van der Waals surface area contributed by atoms with Gasteiger partial charge in [-0.05, 0) is 35.6 Å². The number of hydrogen-bond acceptors (Lipinski definition) is 3. The van der Waals surface area contributed by atoms with Crippen LogP contribution in [0.3, 0.4) is 0 Å². The van der Waals surface area contributed by atoms with E-state index in [0.717, 1.165) is 16.9 Å². The molecule has 3 rings (SSSR count). The molecular formula is C23H24N2O2S. The van der Waals surface area contributed by atoms with Crippen LogP contribution in [0.15, 0.2) is 78.2 Å². The standard InChI is InChI=1S/C23H24N2O2S/c1-2-19(21-14-9-15-28-21)24-22(26)16-20(17-10-5-3-6-11-17)25-23(27)18-12-7-4-8-13-18/h3-15,19-20H,2,16H2,1H3,(H,24,26)(H,25,27). The van der Waals surface area contributed by atoms with Crippen molar-refractivity contribution in [1.82, 2.24) is 10.6 Å². The maximum Gasteiger partial charge on any atom is 0.251 e. The van der Waals surface area contributed by atoms with Gasteiger partial charge in [0, 0.05) is 10.4 Å². The van der Waals surface area contributed by atoms with Gasteiger partial charge in [0.25, 0.3) is 5.91 Å². The van der Waals surface area contributed by atoms with Gasteiger partial charge in [-0.3, -0.25) is 9.59 Å². The first-order chi connectivity index (χ1) is 13.7. The third-order valence-corrected chi connectivity index (χ3v) is 5.55. The smallest absolute Gasteiger partial charge is 0.251 e. The van der Waals surface area contributed by atoms with Crippen LogP contribution in [0, 0.1) is 0 Å². The SMILES string of the molecule is CCC(NC(=O)CC(NC(=O)c1ccccc1)c1ccccc1)c1cccs1. The second kappa shape index (κ2) is 9.85. The van der Waals surface area contributed by atoms with Gasteiger partial charge >= 0.3 is 0 Å². The van der Waals surface area contributed by atoms with Crippen LogP contribution in [-0.4, -0.2) is 11.8 Å². The summed E-state index contributed by atoms with van der Waals surface area (Å²) < 4.78 is 0. The molecule has 0 aliphatic carbocycles. The third-order valence-electron chi connectivity index (χ3n) is 4.56. The lowest BCUT2D eigenvalue weighted by Gasteiger charge is -2.21. The van der Waals surface area contributed by atoms with E-state index in [1.165, 1.54) is 0 Å². The molecule has 2 unspecified atom stereocenters. The van der Waals surface area contributed by atoms with E-state index >= 15 is 0 Å². The van der Waals surface area contributed by atoms with Crippen molar-refractivity contribution < 1.29 is 9.59 Å². The highest BCUT2D eigenvalue weighted by Gasteiger charge is 2.21. The lowest BCUT2D eigenvalue weighted by molar-refractivity contribution is -0.122. The Morgan fingerprint density at radius 3 is 2.14 bits per heavy atom. The highest BCUT2D eigenvalue weighted by Crippen LogP contribution is 2.23. The molecule has 0 fully saturated rings. The van der Waals surface area contributed by atoms with Crippen LogP contribution in [0.2, 0.25) is 0 Å². The van der Waals surface area contributed by atoms with Gasteiger partial charge in [-0.25, -0.2) is 0 Å². The molecule has 0 saturated carbocycles. The first-order valence-corrected chi connectivity index (χ1v) is 10.3. The summed E-state index contributed by atoms with van der Waals surface area (Å²) in [4.78, 5) is 26.5. The zero-order valence-corrected chi connectivity index (χ0v) is 16.6. The van der Waals surface area contributed by atoms with Crippen molar-refractivity contribution in [2.24, 2.45) is 0 Å². The molecule has 2 atom stereocenters. The van der Waals surface area contributed by atoms with Crippen LogP contribution in [0.5, 0.6) is 0 Å². The molecule has 4 nitrogen and oxygen atoms in total. The van der Waals surface area contributed by atoms with E-state index < -0.39 is 6.04 Å². The van der Waals surface area contributed by atoms with E-state index in [1.54, 1.807) is 23.5 Å². The third kappa shape index (κ3) is 5.30. The average Bonchev–Trinajstić information content (AvgIpc) is 3.27. The summed E-state index contributed by atoms with van der Waals surface area (Å²) in [7, 11) is 0. The van der Waals surface area contributed by atoms with Crippen molar-refractivity contribution in [3.8, 4) is 0 Å². The van der Waals surface area contributed by atoms with Crippen molar-refractivity contribution in [3.63, 3.8) is 0 Å². The predicted molar refractivity (Wildman–Crippen MR) is 113 cm³/mol. The Labute approximate surface area is 169 Å². The van der Waals surface area contributed by atoms with E-state index in [0.29, 0.717) is 5.56 Å². The van der Waals surface area contributed by atoms with Crippen molar-refractivity contribution in [2.45, 2.75) is 31.8 Å². The number of thiophene rings is 1. The van der Waals surface area contributed by atoms with Gasteiger partial charge in [0.2, 0.25) is 5.91 Å². The minimum absolute atomic E-state index is 0.00579. The van der Waals surface area contributed by atoms with Gasteiger partial charge in [-0.1, -0.05) is 61.5 Å². The van der Waals surface area contributed by atoms with Crippen molar-refractivity contribution in [3.05, 3.63) is 94.2 Å². The molecule has 0 spiro atoms. The number of hydrogen-bond donors (Lipinski definition) is 2. The van der Waals surface area contributed by atoms with Gasteiger partial charge in [0.05, 0.1) is 18.5 Å². The highest BCUT2D eigenvalue weighted by molar-refractivity contribution is 7.10. The molecule has 0 radical (unpaired) electrons. The molecule has 0 saturated heterocycles. The minimum atomic E-state index is -0.394. The molecule has 144 valence electrons. The molecule has 2 amide bonds. The van der Waals surface area contributed by atoms with Crippen LogP contribution >= 0.6 is 11.3 Å². The van der Waals surface area contributed by atoms with E-state index in [9.17, 15) is 9.59 Å². The summed E-state index contributed by atoms with van der Waals surface area (Å²) in [5, 5.41) is 8.12. The Morgan fingerprint density at radius 2 is 1.54 bits per heavy atom. The number of rotatable bonds is 8. The molecule has 0 bridgehead atoms. The Bertz CT molecular complexity index is 879. The van der Waals surface area contributed by atoms with Crippen molar-refractivity contribution >= 4 is 23.2 Å². The van der Waals surface area contributed by atoms with Gasteiger partial charge in [0.1, 0.15) is 0 Å². The molecular weight excluding hydrogens is 368 g/mol. The summed E-state index contributed by atoms with van der Waals surface area (Å²) >= 11 is 1.64. The van der Waals surface area contributed by atoms with Gasteiger partial charge in [0.15, 0.2) is 0 Å².